The Labute approximate surface area is 147 Å². The number of rotatable bonds is 3. The van der Waals surface area contributed by atoms with E-state index in [2.05, 4.69) is 10.2 Å². The maximum Gasteiger partial charge on any atom is 0.356 e. The summed E-state index contributed by atoms with van der Waals surface area (Å²) in [5, 5.41) is 18.9. The van der Waals surface area contributed by atoms with Crippen molar-refractivity contribution in [2.45, 2.75) is 13.1 Å². The summed E-state index contributed by atoms with van der Waals surface area (Å²) in [6.45, 7) is 1.16. The Morgan fingerprint density at radius 3 is 2.88 bits per heavy atom. The third-order valence-corrected chi connectivity index (χ3v) is 4.64. The van der Waals surface area contributed by atoms with E-state index < -0.39 is 5.97 Å². The van der Waals surface area contributed by atoms with Gasteiger partial charge in [-0.3, -0.25) is 14.2 Å². The highest BCUT2D eigenvalue weighted by atomic mass is 35.5. The Balaban J connectivity index is 1.68. The van der Waals surface area contributed by atoms with E-state index in [1.807, 2.05) is 19.2 Å². The molecule has 0 bridgehead atoms. The fraction of sp³-hybridized carbons (Fsp3) is 0.250. The highest BCUT2D eigenvalue weighted by Gasteiger charge is 2.29. The average Bonchev–Trinajstić information content (AvgIpc) is 3.14. The van der Waals surface area contributed by atoms with Crippen LogP contribution in [0, 0.1) is 0 Å². The third-order valence-electron chi connectivity index (χ3n) is 4.33. The van der Waals surface area contributed by atoms with Gasteiger partial charge in [-0.2, -0.15) is 10.2 Å². The van der Waals surface area contributed by atoms with Crippen molar-refractivity contribution in [3.63, 3.8) is 0 Å². The van der Waals surface area contributed by atoms with Gasteiger partial charge in [0.2, 0.25) is 0 Å². The molecule has 0 aliphatic carbocycles. The van der Waals surface area contributed by atoms with Crippen molar-refractivity contribution in [3.8, 4) is 0 Å². The van der Waals surface area contributed by atoms with Gasteiger partial charge in [0.25, 0.3) is 5.91 Å². The van der Waals surface area contributed by atoms with Gasteiger partial charge in [0, 0.05) is 25.0 Å². The molecule has 128 valence electrons. The molecule has 4 rings (SSSR count). The molecule has 0 saturated carbocycles. The lowest BCUT2D eigenvalue weighted by molar-refractivity contribution is 0.0669. The Morgan fingerprint density at radius 2 is 2.12 bits per heavy atom. The summed E-state index contributed by atoms with van der Waals surface area (Å²) in [6, 6.07) is 6.87. The minimum Gasteiger partial charge on any atom is -0.476 e. The van der Waals surface area contributed by atoms with Crippen molar-refractivity contribution in [2.24, 2.45) is 7.05 Å². The van der Waals surface area contributed by atoms with Crippen LogP contribution in [0.3, 0.4) is 0 Å². The minimum absolute atomic E-state index is 0.128. The first-order valence-corrected chi connectivity index (χ1v) is 8.04. The number of aromatic carboxylic acids is 1. The summed E-state index contributed by atoms with van der Waals surface area (Å²) in [5.74, 6) is -1.42. The normalized spacial score (nSPS) is 14.2. The molecule has 9 heteroatoms. The van der Waals surface area contributed by atoms with E-state index in [1.54, 1.807) is 15.6 Å². The Kier molecular flexibility index (Phi) is 3.50. The molecule has 0 unspecified atom stereocenters. The first-order chi connectivity index (χ1) is 12.0. The first kappa shape index (κ1) is 15.6. The molecule has 1 aromatic carbocycles. The third kappa shape index (κ3) is 2.45. The van der Waals surface area contributed by atoms with Gasteiger partial charge in [-0.15, -0.1) is 0 Å². The number of carboxylic acid groups (broad SMARTS) is 1. The van der Waals surface area contributed by atoms with Gasteiger partial charge in [0.1, 0.15) is 5.69 Å². The number of benzene rings is 1. The molecule has 0 spiro atoms. The van der Waals surface area contributed by atoms with Gasteiger partial charge < -0.3 is 10.0 Å². The van der Waals surface area contributed by atoms with E-state index in [4.69, 9.17) is 16.7 Å². The van der Waals surface area contributed by atoms with E-state index in [9.17, 15) is 9.59 Å². The van der Waals surface area contributed by atoms with E-state index in [-0.39, 0.29) is 17.3 Å². The predicted octanol–water partition coefficient (Wildman–Crippen LogP) is 1.78. The number of nitrogens with zero attached hydrogens (tertiary/aromatic N) is 5. The van der Waals surface area contributed by atoms with Gasteiger partial charge in [0.05, 0.1) is 29.3 Å². The molecule has 0 atom stereocenters. The van der Waals surface area contributed by atoms with Crippen molar-refractivity contribution in [2.75, 3.05) is 6.54 Å². The molecule has 2 aromatic heterocycles. The van der Waals surface area contributed by atoms with Crippen LogP contribution in [0.5, 0.6) is 0 Å². The lowest BCUT2D eigenvalue weighted by Crippen LogP contribution is -2.40. The summed E-state index contributed by atoms with van der Waals surface area (Å²) in [7, 11) is 1.83. The molecular weight excluding hydrogens is 346 g/mol. The molecule has 0 radical (unpaired) electrons. The second-order valence-corrected chi connectivity index (χ2v) is 6.28. The number of carbonyl (C=O) groups excluding carboxylic acids is 1. The highest BCUT2D eigenvalue weighted by Crippen LogP contribution is 2.28. The van der Waals surface area contributed by atoms with Gasteiger partial charge in [-0.05, 0) is 12.1 Å². The van der Waals surface area contributed by atoms with E-state index in [0.717, 1.165) is 10.9 Å². The number of halogens is 1. The van der Waals surface area contributed by atoms with Gasteiger partial charge in [-0.25, -0.2) is 4.79 Å². The van der Waals surface area contributed by atoms with Crippen LogP contribution in [0.4, 0.5) is 0 Å². The molecular formula is C16H14ClN5O3. The number of fused-ring (bicyclic) bond motifs is 2. The number of amides is 1. The molecule has 0 saturated heterocycles. The lowest BCUT2D eigenvalue weighted by atomic mass is 10.2. The molecule has 3 aromatic rings. The number of aryl methyl sites for hydroxylation is 1. The molecule has 25 heavy (non-hydrogen) atoms. The standard InChI is InChI=1S/C16H14ClN5O3/c1-20-12-4-2-3-9(17)14(12)11(18-20)8-21-5-6-22-13(15(21)23)7-10(19-22)16(24)25/h2-4,7H,5-6,8H2,1H3,(H,24,25). The summed E-state index contributed by atoms with van der Waals surface area (Å²) in [5.41, 5.74) is 1.75. The van der Waals surface area contributed by atoms with Gasteiger partial charge in [0.15, 0.2) is 5.69 Å². The highest BCUT2D eigenvalue weighted by molar-refractivity contribution is 6.35. The number of aromatic nitrogens is 4. The van der Waals surface area contributed by atoms with Crippen LogP contribution < -0.4 is 0 Å². The minimum atomic E-state index is -1.15. The molecule has 1 amide bonds. The summed E-state index contributed by atoms with van der Waals surface area (Å²) in [4.78, 5) is 25.4. The molecule has 0 fully saturated rings. The van der Waals surface area contributed by atoms with Crippen LogP contribution in [0.1, 0.15) is 26.7 Å². The van der Waals surface area contributed by atoms with Crippen molar-refractivity contribution < 1.29 is 14.7 Å². The average molecular weight is 360 g/mol. The number of carbonyl (C=O) groups is 2. The van der Waals surface area contributed by atoms with E-state index in [0.29, 0.717) is 30.4 Å². The van der Waals surface area contributed by atoms with Gasteiger partial charge >= 0.3 is 5.97 Å². The fourth-order valence-corrected chi connectivity index (χ4v) is 3.42. The molecule has 8 nitrogen and oxygen atoms in total. The summed E-state index contributed by atoms with van der Waals surface area (Å²) in [6.07, 6.45) is 0. The molecule has 1 aliphatic rings. The van der Waals surface area contributed by atoms with Gasteiger partial charge in [-0.1, -0.05) is 17.7 Å². The van der Waals surface area contributed by atoms with Crippen LogP contribution in [0.2, 0.25) is 5.02 Å². The predicted molar refractivity (Wildman–Crippen MR) is 89.7 cm³/mol. The zero-order valence-corrected chi connectivity index (χ0v) is 14.1. The zero-order valence-electron chi connectivity index (χ0n) is 13.3. The Morgan fingerprint density at radius 1 is 1.32 bits per heavy atom. The van der Waals surface area contributed by atoms with Crippen molar-refractivity contribution in [1.29, 1.82) is 0 Å². The second kappa shape index (κ2) is 5.59. The summed E-state index contributed by atoms with van der Waals surface area (Å²) < 4.78 is 3.17. The van der Waals surface area contributed by atoms with Crippen molar-refractivity contribution in [3.05, 3.63) is 46.4 Å². The number of carboxylic acids is 1. The number of hydrogen-bond donors (Lipinski definition) is 1. The van der Waals surface area contributed by atoms with Crippen molar-refractivity contribution >= 4 is 34.4 Å². The van der Waals surface area contributed by atoms with Crippen LogP contribution in [0.25, 0.3) is 10.9 Å². The smallest absolute Gasteiger partial charge is 0.356 e. The molecule has 1 aliphatic heterocycles. The van der Waals surface area contributed by atoms with Crippen LogP contribution in [0.15, 0.2) is 24.3 Å². The number of hydrogen-bond acceptors (Lipinski definition) is 4. The Hall–Kier alpha value is -2.87. The first-order valence-electron chi connectivity index (χ1n) is 7.66. The lowest BCUT2D eigenvalue weighted by Gasteiger charge is -2.26. The second-order valence-electron chi connectivity index (χ2n) is 5.87. The monoisotopic (exact) mass is 359 g/mol. The summed E-state index contributed by atoms with van der Waals surface area (Å²) >= 11 is 6.31. The largest absolute Gasteiger partial charge is 0.476 e. The van der Waals surface area contributed by atoms with Crippen LogP contribution in [-0.4, -0.2) is 48.0 Å². The van der Waals surface area contributed by atoms with E-state index >= 15 is 0 Å². The SMILES string of the molecule is Cn1nc(CN2CCn3nc(C(=O)O)cc3C2=O)c2c(Cl)cccc21. The molecule has 1 N–H and O–H groups in total. The Bertz CT molecular complexity index is 1020. The maximum absolute atomic E-state index is 12.7. The van der Waals surface area contributed by atoms with Crippen LogP contribution >= 0.6 is 11.6 Å². The topological polar surface area (TPSA) is 93.2 Å². The van der Waals surface area contributed by atoms with E-state index in [1.165, 1.54) is 10.7 Å². The zero-order chi connectivity index (χ0) is 17.7. The van der Waals surface area contributed by atoms with Crippen molar-refractivity contribution in [1.82, 2.24) is 24.5 Å². The molecule has 3 heterocycles. The fourth-order valence-electron chi connectivity index (χ4n) is 3.14. The maximum atomic E-state index is 12.7. The van der Waals surface area contributed by atoms with Crippen LogP contribution in [-0.2, 0) is 20.1 Å². The quantitative estimate of drug-likeness (QED) is 0.769.